The van der Waals surface area contributed by atoms with Crippen molar-refractivity contribution in [3.05, 3.63) is 54.6 Å². The highest BCUT2D eigenvalue weighted by Crippen LogP contribution is 2.39. The van der Waals surface area contributed by atoms with Crippen molar-refractivity contribution in [3.63, 3.8) is 0 Å². The number of halogens is 3. The Morgan fingerprint density at radius 1 is 1.28 bits per heavy atom. The van der Waals surface area contributed by atoms with Gasteiger partial charge >= 0.3 is 0 Å². The smallest absolute Gasteiger partial charge is 0.0711 e. The number of hydrogen-bond acceptors (Lipinski definition) is 2. The molecule has 1 unspecified atom stereocenters. The maximum atomic E-state index is 6.29. The molecule has 0 fully saturated rings. The van der Waals surface area contributed by atoms with Gasteiger partial charge in [-0.05, 0) is 46.1 Å². The summed E-state index contributed by atoms with van der Waals surface area (Å²) in [7, 11) is 0. The highest BCUT2D eigenvalue weighted by molar-refractivity contribution is 9.10. The minimum atomic E-state index is 0.0191. The molecule has 1 aromatic heterocycles. The second-order valence-electron chi connectivity index (χ2n) is 3.76. The SMILES string of the molecule is CCNC(c1sccc1Br)c1c(Cl)cccc1Cl. The molecular formula is C13H12BrCl2NS. The molecule has 0 aliphatic carbocycles. The first kappa shape index (κ1) is 14.4. The lowest BCUT2D eigenvalue weighted by Crippen LogP contribution is -2.22. The van der Waals surface area contributed by atoms with Gasteiger partial charge in [0.25, 0.3) is 0 Å². The Bertz CT molecular complexity index is 521. The van der Waals surface area contributed by atoms with E-state index < -0.39 is 0 Å². The second-order valence-corrected chi connectivity index (χ2v) is 6.38. The summed E-state index contributed by atoms with van der Waals surface area (Å²) >= 11 is 17.8. The molecule has 0 radical (unpaired) electrons. The molecular weight excluding hydrogens is 353 g/mol. The largest absolute Gasteiger partial charge is 0.306 e. The van der Waals surface area contributed by atoms with Crippen molar-refractivity contribution in [2.24, 2.45) is 0 Å². The normalized spacial score (nSPS) is 12.7. The topological polar surface area (TPSA) is 12.0 Å². The lowest BCUT2D eigenvalue weighted by atomic mass is 10.1. The van der Waals surface area contributed by atoms with Crippen molar-refractivity contribution in [2.45, 2.75) is 13.0 Å². The van der Waals surface area contributed by atoms with Crippen molar-refractivity contribution in [3.8, 4) is 0 Å². The van der Waals surface area contributed by atoms with E-state index in [1.54, 1.807) is 11.3 Å². The minimum absolute atomic E-state index is 0.0191. The maximum Gasteiger partial charge on any atom is 0.0711 e. The summed E-state index contributed by atoms with van der Waals surface area (Å²) in [4.78, 5) is 1.19. The lowest BCUT2D eigenvalue weighted by molar-refractivity contribution is 0.638. The van der Waals surface area contributed by atoms with E-state index in [1.165, 1.54) is 4.88 Å². The highest BCUT2D eigenvalue weighted by atomic mass is 79.9. The molecule has 0 saturated heterocycles. The van der Waals surface area contributed by atoms with Gasteiger partial charge in [0, 0.05) is 25.0 Å². The molecule has 0 aliphatic heterocycles. The Labute approximate surface area is 129 Å². The third-order valence-corrected chi connectivity index (χ3v) is 5.20. The van der Waals surface area contributed by atoms with Crippen LogP contribution in [-0.2, 0) is 0 Å². The van der Waals surface area contributed by atoms with Crippen LogP contribution in [0.25, 0.3) is 0 Å². The minimum Gasteiger partial charge on any atom is -0.306 e. The number of rotatable bonds is 4. The van der Waals surface area contributed by atoms with Crippen LogP contribution in [0.4, 0.5) is 0 Å². The molecule has 0 bridgehead atoms. The Balaban J connectivity index is 2.52. The Morgan fingerprint density at radius 2 is 1.94 bits per heavy atom. The van der Waals surface area contributed by atoms with Gasteiger partial charge in [-0.15, -0.1) is 11.3 Å². The van der Waals surface area contributed by atoms with Crippen LogP contribution >= 0.6 is 50.5 Å². The molecule has 5 heteroatoms. The molecule has 96 valence electrons. The van der Waals surface area contributed by atoms with Crippen molar-refractivity contribution >= 4 is 50.5 Å². The number of hydrogen-bond donors (Lipinski definition) is 1. The average Bonchev–Trinajstić information content (AvgIpc) is 2.74. The van der Waals surface area contributed by atoms with E-state index in [9.17, 15) is 0 Å². The van der Waals surface area contributed by atoms with Gasteiger partial charge in [0.15, 0.2) is 0 Å². The molecule has 0 saturated carbocycles. The summed E-state index contributed by atoms with van der Waals surface area (Å²) < 4.78 is 1.08. The number of nitrogens with one attached hydrogen (secondary N) is 1. The lowest BCUT2D eigenvalue weighted by Gasteiger charge is -2.20. The van der Waals surface area contributed by atoms with Gasteiger partial charge in [0.2, 0.25) is 0 Å². The predicted octanol–water partition coefficient (Wildman–Crippen LogP) is 5.52. The van der Waals surface area contributed by atoms with Crippen LogP contribution in [-0.4, -0.2) is 6.54 Å². The van der Waals surface area contributed by atoms with Gasteiger partial charge in [0.05, 0.1) is 6.04 Å². The first-order chi connectivity index (χ1) is 8.65. The summed E-state index contributed by atoms with van der Waals surface area (Å²) in [6, 6.07) is 7.66. The van der Waals surface area contributed by atoms with Crippen LogP contribution in [0.2, 0.25) is 10.0 Å². The van der Waals surface area contributed by atoms with E-state index in [-0.39, 0.29) is 6.04 Å². The van der Waals surface area contributed by atoms with Crippen LogP contribution < -0.4 is 5.32 Å². The van der Waals surface area contributed by atoms with Gasteiger partial charge < -0.3 is 5.32 Å². The summed E-state index contributed by atoms with van der Waals surface area (Å²) in [5, 5.41) is 6.86. The Kier molecular flexibility index (Phi) is 5.10. The summed E-state index contributed by atoms with van der Waals surface area (Å²) in [6.45, 7) is 2.91. The molecule has 2 aromatic rings. The van der Waals surface area contributed by atoms with E-state index in [1.807, 2.05) is 24.3 Å². The zero-order valence-corrected chi connectivity index (χ0v) is 13.6. The fourth-order valence-corrected chi connectivity index (χ4v) is 4.13. The number of benzene rings is 1. The maximum absolute atomic E-state index is 6.29. The molecule has 1 nitrogen and oxygen atoms in total. The van der Waals surface area contributed by atoms with Gasteiger partial charge in [-0.1, -0.05) is 36.2 Å². The molecule has 1 N–H and O–H groups in total. The van der Waals surface area contributed by atoms with Crippen LogP contribution in [0, 0.1) is 0 Å². The Hall–Kier alpha value is -0.0600. The summed E-state index contributed by atoms with van der Waals surface area (Å²) in [6.07, 6.45) is 0. The quantitative estimate of drug-likeness (QED) is 0.753. The van der Waals surface area contributed by atoms with Gasteiger partial charge in [-0.25, -0.2) is 0 Å². The van der Waals surface area contributed by atoms with Crippen LogP contribution in [0.5, 0.6) is 0 Å². The predicted molar refractivity (Wildman–Crippen MR) is 84.0 cm³/mol. The zero-order chi connectivity index (χ0) is 13.1. The Morgan fingerprint density at radius 3 is 2.44 bits per heavy atom. The number of thiophene rings is 1. The molecule has 2 rings (SSSR count). The van der Waals surface area contributed by atoms with Crippen LogP contribution in [0.15, 0.2) is 34.1 Å². The molecule has 1 atom stereocenters. The fourth-order valence-electron chi connectivity index (χ4n) is 1.83. The zero-order valence-electron chi connectivity index (χ0n) is 9.71. The summed E-state index contributed by atoms with van der Waals surface area (Å²) in [5.74, 6) is 0. The highest BCUT2D eigenvalue weighted by Gasteiger charge is 2.22. The van der Waals surface area contributed by atoms with Crippen molar-refractivity contribution in [2.75, 3.05) is 6.54 Å². The van der Waals surface area contributed by atoms with E-state index in [2.05, 4.69) is 33.6 Å². The van der Waals surface area contributed by atoms with E-state index in [0.717, 1.165) is 16.6 Å². The van der Waals surface area contributed by atoms with Crippen molar-refractivity contribution in [1.82, 2.24) is 5.32 Å². The molecule has 18 heavy (non-hydrogen) atoms. The fraction of sp³-hybridized carbons (Fsp3) is 0.231. The van der Waals surface area contributed by atoms with Crippen molar-refractivity contribution < 1.29 is 0 Å². The van der Waals surface area contributed by atoms with Gasteiger partial charge in [0.1, 0.15) is 0 Å². The van der Waals surface area contributed by atoms with Gasteiger partial charge in [-0.2, -0.15) is 0 Å². The second kappa shape index (κ2) is 6.40. The van der Waals surface area contributed by atoms with E-state index in [4.69, 9.17) is 23.2 Å². The van der Waals surface area contributed by atoms with Crippen molar-refractivity contribution in [1.29, 1.82) is 0 Å². The van der Waals surface area contributed by atoms with Gasteiger partial charge in [-0.3, -0.25) is 0 Å². The third-order valence-electron chi connectivity index (χ3n) is 2.60. The molecule has 0 aliphatic rings. The van der Waals surface area contributed by atoms with Crippen LogP contribution in [0.3, 0.4) is 0 Å². The first-order valence-electron chi connectivity index (χ1n) is 5.55. The molecule has 1 heterocycles. The molecule has 1 aromatic carbocycles. The first-order valence-corrected chi connectivity index (χ1v) is 7.98. The average molecular weight is 365 g/mol. The molecule has 0 spiro atoms. The van der Waals surface area contributed by atoms with E-state index in [0.29, 0.717) is 10.0 Å². The van der Waals surface area contributed by atoms with E-state index >= 15 is 0 Å². The third kappa shape index (κ3) is 2.91. The standard InChI is InChI=1S/C13H12BrCl2NS/c1-2-17-12(13-8(14)6-7-18-13)11-9(15)4-3-5-10(11)16/h3-7,12,17H,2H2,1H3. The summed E-state index contributed by atoms with van der Waals surface area (Å²) in [5.41, 5.74) is 0.936. The monoisotopic (exact) mass is 363 g/mol. The van der Waals surface area contributed by atoms with Crippen LogP contribution in [0.1, 0.15) is 23.4 Å². The molecule has 0 amide bonds.